The molecule has 5 nitrogen and oxygen atoms in total. The summed E-state index contributed by atoms with van der Waals surface area (Å²) in [5.74, 6) is -0.516. The molecule has 3 aromatic rings. The number of halogens is 2. The molecule has 1 aliphatic heterocycles. The van der Waals surface area contributed by atoms with E-state index < -0.39 is 5.97 Å². The van der Waals surface area contributed by atoms with Crippen molar-refractivity contribution in [3.63, 3.8) is 0 Å². The number of methoxy groups -OCH3 is 1. The SMILES string of the molecule is COc1ccc(CC(=O)O)cc1-c1ccc(Cl)c2c1CN(C(=O)CCCc1ccccc1F)CC2. The molecule has 0 spiro atoms. The first-order valence-electron chi connectivity index (χ1n) is 11.6. The number of amides is 1. The minimum atomic E-state index is -0.911. The molecule has 1 amide bonds. The zero-order valence-corrected chi connectivity index (χ0v) is 20.3. The van der Waals surface area contributed by atoms with Crippen molar-refractivity contribution in [2.75, 3.05) is 13.7 Å². The maximum absolute atomic E-state index is 13.9. The Hall–Kier alpha value is -3.38. The first-order valence-corrected chi connectivity index (χ1v) is 12.0. The van der Waals surface area contributed by atoms with Crippen LogP contribution < -0.4 is 4.74 Å². The van der Waals surface area contributed by atoms with Crippen molar-refractivity contribution < 1.29 is 23.8 Å². The number of ether oxygens (including phenoxy) is 1. The minimum absolute atomic E-state index is 0.0181. The van der Waals surface area contributed by atoms with Crippen LogP contribution in [0.2, 0.25) is 5.02 Å². The summed E-state index contributed by atoms with van der Waals surface area (Å²) in [6.07, 6.45) is 1.93. The van der Waals surface area contributed by atoms with Gasteiger partial charge in [-0.2, -0.15) is 0 Å². The van der Waals surface area contributed by atoms with Gasteiger partial charge in [-0.1, -0.05) is 41.9 Å². The molecule has 0 unspecified atom stereocenters. The maximum Gasteiger partial charge on any atom is 0.307 e. The monoisotopic (exact) mass is 495 g/mol. The molecule has 7 heteroatoms. The molecule has 0 saturated heterocycles. The van der Waals surface area contributed by atoms with E-state index in [0.717, 1.165) is 22.3 Å². The van der Waals surface area contributed by atoms with Crippen LogP contribution in [0.15, 0.2) is 54.6 Å². The van der Waals surface area contributed by atoms with Gasteiger partial charge in [0, 0.05) is 30.1 Å². The summed E-state index contributed by atoms with van der Waals surface area (Å²) in [6, 6.07) is 15.7. The molecule has 1 heterocycles. The van der Waals surface area contributed by atoms with Gasteiger partial charge < -0.3 is 14.7 Å². The van der Waals surface area contributed by atoms with E-state index in [1.54, 1.807) is 37.4 Å². The maximum atomic E-state index is 13.9. The van der Waals surface area contributed by atoms with E-state index in [1.165, 1.54) is 6.07 Å². The van der Waals surface area contributed by atoms with Crippen molar-refractivity contribution in [2.24, 2.45) is 0 Å². The van der Waals surface area contributed by atoms with Gasteiger partial charge in [-0.3, -0.25) is 9.59 Å². The van der Waals surface area contributed by atoms with Gasteiger partial charge in [0.15, 0.2) is 0 Å². The van der Waals surface area contributed by atoms with E-state index in [9.17, 15) is 19.1 Å². The average molecular weight is 496 g/mol. The Kier molecular flexibility index (Phi) is 7.71. The van der Waals surface area contributed by atoms with Gasteiger partial charge >= 0.3 is 5.97 Å². The highest BCUT2D eigenvalue weighted by molar-refractivity contribution is 6.31. The lowest BCUT2D eigenvalue weighted by atomic mass is 9.89. The summed E-state index contributed by atoms with van der Waals surface area (Å²) in [5, 5.41) is 9.87. The van der Waals surface area contributed by atoms with E-state index in [-0.39, 0.29) is 18.1 Å². The molecule has 182 valence electrons. The number of aliphatic carboxylic acids is 1. The van der Waals surface area contributed by atoms with Crippen LogP contribution >= 0.6 is 11.6 Å². The van der Waals surface area contributed by atoms with Crippen LogP contribution in [0.3, 0.4) is 0 Å². The van der Waals surface area contributed by atoms with Gasteiger partial charge in [0.1, 0.15) is 11.6 Å². The second-order valence-corrected chi connectivity index (χ2v) is 9.07. The van der Waals surface area contributed by atoms with Gasteiger partial charge in [0.05, 0.1) is 13.5 Å². The zero-order chi connectivity index (χ0) is 24.9. The van der Waals surface area contributed by atoms with E-state index in [1.807, 2.05) is 23.1 Å². The Balaban J connectivity index is 1.57. The lowest BCUT2D eigenvalue weighted by Gasteiger charge is -2.31. The number of nitrogens with zero attached hydrogens (tertiary/aromatic N) is 1. The third kappa shape index (κ3) is 5.65. The topological polar surface area (TPSA) is 66.8 Å². The minimum Gasteiger partial charge on any atom is -0.496 e. The molecule has 0 aliphatic carbocycles. The highest BCUT2D eigenvalue weighted by atomic mass is 35.5. The molecular weight excluding hydrogens is 469 g/mol. The van der Waals surface area contributed by atoms with Crippen molar-refractivity contribution in [2.45, 2.75) is 38.6 Å². The summed E-state index contributed by atoms with van der Waals surface area (Å²) in [7, 11) is 1.57. The predicted molar refractivity (Wildman–Crippen MR) is 133 cm³/mol. The summed E-state index contributed by atoms with van der Waals surface area (Å²) < 4.78 is 19.5. The Labute approximate surface area is 209 Å². The molecule has 4 rings (SSSR count). The number of benzene rings is 3. The van der Waals surface area contributed by atoms with Gasteiger partial charge in [0.2, 0.25) is 5.91 Å². The third-order valence-corrected chi connectivity index (χ3v) is 6.77. The molecule has 0 bridgehead atoms. The number of carboxylic acid groups (broad SMARTS) is 1. The number of fused-ring (bicyclic) bond motifs is 1. The molecule has 3 aromatic carbocycles. The van der Waals surface area contributed by atoms with Crippen LogP contribution in [0.25, 0.3) is 11.1 Å². The molecule has 0 atom stereocenters. The van der Waals surface area contributed by atoms with Gasteiger partial charge in [-0.05, 0) is 71.3 Å². The van der Waals surface area contributed by atoms with Crippen LogP contribution in [0.1, 0.15) is 35.1 Å². The number of carboxylic acids is 1. The number of hydrogen-bond donors (Lipinski definition) is 1. The summed E-state index contributed by atoms with van der Waals surface area (Å²) in [5.41, 5.74) is 4.85. The van der Waals surface area contributed by atoms with Gasteiger partial charge in [-0.15, -0.1) is 0 Å². The average Bonchev–Trinajstić information content (AvgIpc) is 2.85. The van der Waals surface area contributed by atoms with E-state index in [4.69, 9.17) is 16.3 Å². The number of rotatable bonds is 8. The molecule has 1 N–H and O–H groups in total. The number of aryl methyl sites for hydroxylation is 1. The highest BCUT2D eigenvalue weighted by Gasteiger charge is 2.26. The van der Waals surface area contributed by atoms with Crippen molar-refractivity contribution in [3.05, 3.63) is 87.7 Å². The normalized spacial score (nSPS) is 12.8. The first-order chi connectivity index (χ1) is 16.9. The van der Waals surface area contributed by atoms with Crippen molar-refractivity contribution in [1.29, 1.82) is 0 Å². The van der Waals surface area contributed by atoms with E-state index >= 15 is 0 Å². The van der Waals surface area contributed by atoms with Crippen LogP contribution in [0, 0.1) is 5.82 Å². The molecule has 0 aromatic heterocycles. The molecule has 35 heavy (non-hydrogen) atoms. The van der Waals surface area contributed by atoms with Crippen LogP contribution in [0.5, 0.6) is 5.75 Å². The molecule has 0 fully saturated rings. The lowest BCUT2D eigenvalue weighted by molar-refractivity contribution is -0.136. The Morgan fingerprint density at radius 1 is 1.09 bits per heavy atom. The molecule has 0 radical (unpaired) electrons. The van der Waals surface area contributed by atoms with Crippen molar-refractivity contribution in [1.82, 2.24) is 4.90 Å². The standard InChI is InChI=1S/C28H27ClFNO4/c1-35-26-12-9-18(16-28(33)34)15-22(26)20-10-11-24(29)21-13-14-31(17-23(20)21)27(32)8-4-6-19-5-2-3-7-25(19)30/h2-3,5,7,9-12,15H,4,6,8,13-14,16-17H2,1H3,(H,33,34). The number of hydrogen-bond acceptors (Lipinski definition) is 3. The fraction of sp³-hybridized carbons (Fsp3) is 0.286. The Morgan fingerprint density at radius 2 is 1.89 bits per heavy atom. The number of carbonyl (C=O) groups is 2. The predicted octanol–water partition coefficient (Wildman–Crippen LogP) is 5.69. The second-order valence-electron chi connectivity index (χ2n) is 8.67. The second kappa shape index (κ2) is 10.9. The smallest absolute Gasteiger partial charge is 0.307 e. The molecular formula is C28H27ClFNO4. The Morgan fingerprint density at radius 3 is 2.63 bits per heavy atom. The molecule has 0 saturated carbocycles. The quantitative estimate of drug-likeness (QED) is 0.436. The third-order valence-electron chi connectivity index (χ3n) is 6.41. The largest absolute Gasteiger partial charge is 0.496 e. The fourth-order valence-electron chi connectivity index (χ4n) is 4.64. The van der Waals surface area contributed by atoms with Gasteiger partial charge in [-0.25, -0.2) is 4.39 Å². The van der Waals surface area contributed by atoms with Crippen molar-refractivity contribution >= 4 is 23.5 Å². The molecule has 1 aliphatic rings. The summed E-state index contributed by atoms with van der Waals surface area (Å²) in [4.78, 5) is 26.1. The van der Waals surface area contributed by atoms with Crippen LogP contribution in [0.4, 0.5) is 4.39 Å². The van der Waals surface area contributed by atoms with Crippen molar-refractivity contribution in [3.8, 4) is 16.9 Å². The van der Waals surface area contributed by atoms with Crippen LogP contribution in [-0.4, -0.2) is 35.5 Å². The highest BCUT2D eigenvalue weighted by Crippen LogP contribution is 2.39. The summed E-state index contributed by atoms with van der Waals surface area (Å²) >= 11 is 6.52. The van der Waals surface area contributed by atoms with Crippen LogP contribution in [-0.2, 0) is 35.4 Å². The van der Waals surface area contributed by atoms with E-state index in [0.29, 0.717) is 60.7 Å². The fourth-order valence-corrected chi connectivity index (χ4v) is 4.91. The first kappa shape index (κ1) is 24.7. The zero-order valence-electron chi connectivity index (χ0n) is 19.5. The number of carbonyl (C=O) groups excluding carboxylic acids is 1. The van der Waals surface area contributed by atoms with Gasteiger partial charge in [0.25, 0.3) is 0 Å². The van der Waals surface area contributed by atoms with E-state index in [2.05, 4.69) is 0 Å². The lowest BCUT2D eigenvalue weighted by Crippen LogP contribution is -2.36. The summed E-state index contributed by atoms with van der Waals surface area (Å²) in [6.45, 7) is 0.959. The Bertz CT molecular complexity index is 1260.